The Hall–Kier alpha value is -3.67. The van der Waals surface area contributed by atoms with E-state index in [2.05, 4.69) is 0 Å². The molecule has 1 aliphatic rings. The average molecular weight is 418 g/mol. The first kappa shape index (κ1) is 19.3. The first-order chi connectivity index (χ1) is 15.1. The Kier molecular flexibility index (Phi) is 4.90. The van der Waals surface area contributed by atoms with E-state index < -0.39 is 6.09 Å². The number of halogens is 2. The van der Waals surface area contributed by atoms with Gasteiger partial charge in [-0.25, -0.2) is 13.6 Å². The lowest BCUT2D eigenvalue weighted by atomic mass is 10.0. The second-order valence-electron chi connectivity index (χ2n) is 7.61. The molecule has 0 aliphatic carbocycles. The molecule has 31 heavy (non-hydrogen) atoms. The van der Waals surface area contributed by atoms with Gasteiger partial charge in [-0.2, -0.15) is 0 Å². The van der Waals surface area contributed by atoms with Gasteiger partial charge in [0.2, 0.25) is 0 Å². The molecular weight excluding hydrogens is 398 g/mol. The largest absolute Gasteiger partial charge is 0.445 e. The molecule has 0 saturated carbocycles. The maximum absolute atomic E-state index is 14.1. The highest BCUT2D eigenvalue weighted by molar-refractivity contribution is 5.88. The summed E-state index contributed by atoms with van der Waals surface area (Å²) in [6.45, 7) is 1.02. The SMILES string of the molecule is O=C(OCc1ccccc1)N1CCc2c(c3cc(F)ccc3n2-c2ccc(F)cc2)C1. The van der Waals surface area contributed by atoms with Gasteiger partial charge in [-0.1, -0.05) is 30.3 Å². The van der Waals surface area contributed by atoms with Crippen molar-refractivity contribution in [2.24, 2.45) is 0 Å². The molecule has 3 aromatic carbocycles. The number of rotatable bonds is 3. The molecule has 4 nitrogen and oxygen atoms in total. The number of ether oxygens (including phenoxy) is 1. The highest BCUT2D eigenvalue weighted by atomic mass is 19.1. The van der Waals surface area contributed by atoms with Crippen molar-refractivity contribution >= 4 is 17.0 Å². The van der Waals surface area contributed by atoms with Gasteiger partial charge in [0.15, 0.2) is 0 Å². The maximum atomic E-state index is 14.1. The second kappa shape index (κ2) is 7.87. The van der Waals surface area contributed by atoms with Crippen LogP contribution in [0.5, 0.6) is 0 Å². The fourth-order valence-corrected chi connectivity index (χ4v) is 4.18. The third kappa shape index (κ3) is 3.65. The molecule has 0 saturated heterocycles. The summed E-state index contributed by atoms with van der Waals surface area (Å²) < 4.78 is 35.0. The summed E-state index contributed by atoms with van der Waals surface area (Å²) in [4.78, 5) is 14.3. The van der Waals surface area contributed by atoms with Gasteiger partial charge in [-0.3, -0.25) is 0 Å². The van der Waals surface area contributed by atoms with Crippen molar-refractivity contribution < 1.29 is 18.3 Å². The number of amides is 1. The number of benzene rings is 3. The van der Waals surface area contributed by atoms with Crippen molar-refractivity contribution in [1.29, 1.82) is 0 Å². The van der Waals surface area contributed by atoms with Crippen LogP contribution < -0.4 is 0 Å². The van der Waals surface area contributed by atoms with Crippen LogP contribution >= 0.6 is 0 Å². The summed E-state index contributed by atoms with van der Waals surface area (Å²) in [5.41, 5.74) is 4.45. The molecule has 1 amide bonds. The molecule has 6 heteroatoms. The molecule has 0 fully saturated rings. The number of carbonyl (C=O) groups is 1. The molecule has 1 aliphatic heterocycles. The average Bonchev–Trinajstić information content (AvgIpc) is 3.11. The first-order valence-electron chi connectivity index (χ1n) is 10.1. The van der Waals surface area contributed by atoms with Crippen LogP contribution in [0.4, 0.5) is 13.6 Å². The van der Waals surface area contributed by atoms with Crippen LogP contribution in [0.3, 0.4) is 0 Å². The highest BCUT2D eigenvalue weighted by Crippen LogP contribution is 2.34. The van der Waals surface area contributed by atoms with E-state index in [1.54, 1.807) is 23.1 Å². The highest BCUT2D eigenvalue weighted by Gasteiger charge is 2.28. The fourth-order valence-electron chi connectivity index (χ4n) is 4.18. The third-order valence-electron chi connectivity index (χ3n) is 5.66. The molecule has 1 aromatic heterocycles. The predicted molar refractivity (Wildman–Crippen MR) is 114 cm³/mol. The lowest BCUT2D eigenvalue weighted by Crippen LogP contribution is -2.36. The monoisotopic (exact) mass is 418 g/mol. The van der Waals surface area contributed by atoms with E-state index in [1.807, 2.05) is 34.9 Å². The Bertz CT molecular complexity index is 1250. The molecule has 5 rings (SSSR count). The van der Waals surface area contributed by atoms with Crippen molar-refractivity contribution in [1.82, 2.24) is 9.47 Å². The summed E-state index contributed by atoms with van der Waals surface area (Å²) in [6, 6.07) is 20.4. The number of nitrogens with zero attached hydrogens (tertiary/aromatic N) is 2. The molecule has 0 radical (unpaired) electrons. The van der Waals surface area contributed by atoms with Gasteiger partial charge in [0.1, 0.15) is 18.2 Å². The Balaban J connectivity index is 1.47. The van der Waals surface area contributed by atoms with Gasteiger partial charge in [-0.05, 0) is 48.0 Å². The van der Waals surface area contributed by atoms with Gasteiger partial charge in [0.25, 0.3) is 0 Å². The van der Waals surface area contributed by atoms with Crippen LogP contribution in [0, 0.1) is 11.6 Å². The number of hydrogen-bond donors (Lipinski definition) is 0. The van der Waals surface area contributed by atoms with Crippen molar-refractivity contribution in [3.63, 3.8) is 0 Å². The third-order valence-corrected chi connectivity index (χ3v) is 5.66. The minimum Gasteiger partial charge on any atom is -0.445 e. The second-order valence-corrected chi connectivity index (χ2v) is 7.61. The Morgan fingerprint density at radius 2 is 1.68 bits per heavy atom. The van der Waals surface area contributed by atoms with Crippen molar-refractivity contribution in [3.8, 4) is 5.69 Å². The van der Waals surface area contributed by atoms with E-state index in [9.17, 15) is 13.6 Å². The van der Waals surface area contributed by atoms with E-state index >= 15 is 0 Å². The quantitative estimate of drug-likeness (QED) is 0.434. The van der Waals surface area contributed by atoms with Gasteiger partial charge < -0.3 is 14.2 Å². The lowest BCUT2D eigenvalue weighted by Gasteiger charge is -2.27. The van der Waals surface area contributed by atoms with Crippen LogP contribution in [-0.2, 0) is 24.3 Å². The molecule has 0 spiro atoms. The normalized spacial score (nSPS) is 13.3. The number of aromatic nitrogens is 1. The van der Waals surface area contributed by atoms with Crippen LogP contribution in [0.15, 0.2) is 72.8 Å². The van der Waals surface area contributed by atoms with Crippen LogP contribution in [-0.4, -0.2) is 22.1 Å². The minimum absolute atomic E-state index is 0.203. The van der Waals surface area contributed by atoms with Crippen LogP contribution in [0.1, 0.15) is 16.8 Å². The number of fused-ring (bicyclic) bond motifs is 3. The maximum Gasteiger partial charge on any atom is 0.410 e. The van der Waals surface area contributed by atoms with Gasteiger partial charge in [0.05, 0.1) is 12.1 Å². The fraction of sp³-hybridized carbons (Fsp3) is 0.160. The van der Waals surface area contributed by atoms with Crippen LogP contribution in [0.25, 0.3) is 16.6 Å². The smallest absolute Gasteiger partial charge is 0.410 e. The van der Waals surface area contributed by atoms with Crippen molar-refractivity contribution in [3.05, 3.63) is 101 Å². The number of hydrogen-bond acceptors (Lipinski definition) is 2. The zero-order valence-electron chi connectivity index (χ0n) is 16.7. The lowest BCUT2D eigenvalue weighted by molar-refractivity contribution is 0.0918. The molecule has 2 heterocycles. The standard InChI is InChI=1S/C25H20F2N2O2/c26-18-6-9-20(10-7-18)29-23-11-8-19(27)14-21(23)22-15-28(13-12-24(22)29)25(30)31-16-17-4-2-1-3-5-17/h1-11,14H,12-13,15-16H2. The molecule has 0 unspecified atom stereocenters. The Morgan fingerprint density at radius 3 is 2.45 bits per heavy atom. The Labute approximate surface area is 178 Å². The van der Waals surface area contributed by atoms with Crippen LogP contribution in [0.2, 0.25) is 0 Å². The first-order valence-corrected chi connectivity index (χ1v) is 10.1. The van der Waals surface area contributed by atoms with Gasteiger partial charge >= 0.3 is 6.09 Å². The molecule has 0 bridgehead atoms. The van der Waals surface area contributed by atoms with Crippen molar-refractivity contribution in [2.45, 2.75) is 19.6 Å². The minimum atomic E-state index is -0.395. The predicted octanol–water partition coefficient (Wildman–Crippen LogP) is 5.60. The van der Waals surface area contributed by atoms with E-state index in [0.717, 1.165) is 33.4 Å². The zero-order valence-corrected chi connectivity index (χ0v) is 16.7. The van der Waals surface area contributed by atoms with Gasteiger partial charge in [-0.15, -0.1) is 0 Å². The summed E-state index contributed by atoms with van der Waals surface area (Å²) in [6.07, 6.45) is 0.192. The molecule has 0 N–H and O–H groups in total. The molecule has 156 valence electrons. The number of carbonyl (C=O) groups excluding carboxylic acids is 1. The Morgan fingerprint density at radius 1 is 0.935 bits per heavy atom. The van der Waals surface area contributed by atoms with E-state index in [0.29, 0.717) is 19.5 Å². The van der Waals surface area contributed by atoms with E-state index in [1.165, 1.54) is 24.3 Å². The summed E-state index contributed by atoms with van der Waals surface area (Å²) in [5.74, 6) is -0.650. The summed E-state index contributed by atoms with van der Waals surface area (Å²) in [7, 11) is 0. The zero-order chi connectivity index (χ0) is 21.4. The van der Waals surface area contributed by atoms with E-state index in [-0.39, 0.29) is 18.2 Å². The topological polar surface area (TPSA) is 34.5 Å². The molecule has 0 atom stereocenters. The van der Waals surface area contributed by atoms with Crippen molar-refractivity contribution in [2.75, 3.05) is 6.54 Å². The summed E-state index contributed by atoms with van der Waals surface area (Å²) in [5, 5.41) is 0.750. The van der Waals surface area contributed by atoms with E-state index in [4.69, 9.17) is 4.74 Å². The van der Waals surface area contributed by atoms with Gasteiger partial charge in [0, 0.05) is 35.3 Å². The molecular formula is C25H20F2N2O2. The molecule has 4 aromatic rings. The summed E-state index contributed by atoms with van der Waals surface area (Å²) >= 11 is 0.